The van der Waals surface area contributed by atoms with E-state index in [9.17, 15) is 5.11 Å². The lowest BCUT2D eigenvalue weighted by Crippen LogP contribution is -1.98. The van der Waals surface area contributed by atoms with Gasteiger partial charge in [-0.1, -0.05) is 25.1 Å². The van der Waals surface area contributed by atoms with Gasteiger partial charge in [-0.05, 0) is 37.0 Å². The first-order chi connectivity index (χ1) is 7.77. The molecule has 0 bridgehead atoms. The molecule has 0 radical (unpaired) electrons. The van der Waals surface area contributed by atoms with Crippen molar-refractivity contribution in [1.29, 1.82) is 0 Å². The van der Waals surface area contributed by atoms with Crippen molar-refractivity contribution in [2.75, 3.05) is 6.61 Å². The molecular weight excluding hydrogens is 200 g/mol. The SMILES string of the molecule is C=CCCCOc1ccc([C@H](O)CC)cc1. The molecular formula is C14H20O2. The topological polar surface area (TPSA) is 29.5 Å². The molecule has 0 amide bonds. The van der Waals surface area contributed by atoms with E-state index in [4.69, 9.17) is 4.74 Å². The monoisotopic (exact) mass is 220 g/mol. The lowest BCUT2D eigenvalue weighted by atomic mass is 10.1. The minimum absolute atomic E-state index is 0.366. The van der Waals surface area contributed by atoms with Crippen LogP contribution in [0.15, 0.2) is 36.9 Å². The summed E-state index contributed by atoms with van der Waals surface area (Å²) in [5, 5.41) is 9.61. The fourth-order valence-electron chi connectivity index (χ4n) is 1.44. The number of benzene rings is 1. The molecule has 1 aromatic rings. The van der Waals surface area contributed by atoms with E-state index in [0.29, 0.717) is 6.61 Å². The number of rotatable bonds is 7. The van der Waals surface area contributed by atoms with E-state index >= 15 is 0 Å². The zero-order chi connectivity index (χ0) is 11.8. The lowest BCUT2D eigenvalue weighted by Gasteiger charge is -2.09. The molecule has 0 unspecified atom stereocenters. The molecule has 1 N–H and O–H groups in total. The van der Waals surface area contributed by atoms with Gasteiger partial charge in [0.05, 0.1) is 12.7 Å². The number of aliphatic hydroxyl groups is 1. The van der Waals surface area contributed by atoms with Crippen LogP contribution >= 0.6 is 0 Å². The summed E-state index contributed by atoms with van der Waals surface area (Å²) in [4.78, 5) is 0. The Morgan fingerprint density at radius 3 is 2.62 bits per heavy atom. The van der Waals surface area contributed by atoms with Crippen LogP contribution in [0.25, 0.3) is 0 Å². The van der Waals surface area contributed by atoms with Gasteiger partial charge in [0.2, 0.25) is 0 Å². The Hall–Kier alpha value is -1.28. The molecule has 1 atom stereocenters. The molecule has 0 heterocycles. The van der Waals surface area contributed by atoms with Crippen LogP contribution in [0.1, 0.15) is 37.9 Å². The largest absolute Gasteiger partial charge is 0.494 e. The van der Waals surface area contributed by atoms with Gasteiger partial charge >= 0.3 is 0 Å². The zero-order valence-corrected chi connectivity index (χ0v) is 9.86. The van der Waals surface area contributed by atoms with Crippen LogP contribution in [0.3, 0.4) is 0 Å². The van der Waals surface area contributed by atoms with E-state index in [1.54, 1.807) is 0 Å². The first-order valence-corrected chi connectivity index (χ1v) is 5.79. The van der Waals surface area contributed by atoms with Crippen molar-refractivity contribution in [2.24, 2.45) is 0 Å². The van der Waals surface area contributed by atoms with E-state index in [1.165, 1.54) is 0 Å². The standard InChI is InChI=1S/C14H20O2/c1-3-5-6-11-16-13-9-7-12(8-10-13)14(15)4-2/h3,7-10,14-15H,1,4-6,11H2,2H3/t14-/m1/s1. The summed E-state index contributed by atoms with van der Waals surface area (Å²) in [6, 6.07) is 7.64. The number of hydrogen-bond donors (Lipinski definition) is 1. The van der Waals surface area contributed by atoms with Crippen LogP contribution in [-0.2, 0) is 0 Å². The third kappa shape index (κ3) is 4.07. The fourth-order valence-corrected chi connectivity index (χ4v) is 1.44. The van der Waals surface area contributed by atoms with Gasteiger partial charge < -0.3 is 9.84 Å². The highest BCUT2D eigenvalue weighted by Gasteiger charge is 2.03. The smallest absolute Gasteiger partial charge is 0.119 e. The Morgan fingerprint density at radius 1 is 1.38 bits per heavy atom. The summed E-state index contributed by atoms with van der Waals surface area (Å²) in [6.45, 7) is 6.33. The summed E-state index contributed by atoms with van der Waals surface area (Å²) >= 11 is 0. The van der Waals surface area contributed by atoms with E-state index in [2.05, 4.69) is 6.58 Å². The van der Waals surface area contributed by atoms with Crippen molar-refractivity contribution in [2.45, 2.75) is 32.3 Å². The Kier molecular flexibility index (Phi) is 5.65. The first kappa shape index (κ1) is 12.8. The molecule has 0 aliphatic carbocycles. The molecule has 2 nitrogen and oxygen atoms in total. The van der Waals surface area contributed by atoms with E-state index in [0.717, 1.165) is 30.6 Å². The lowest BCUT2D eigenvalue weighted by molar-refractivity contribution is 0.173. The van der Waals surface area contributed by atoms with Crippen molar-refractivity contribution in [3.8, 4) is 5.75 Å². The first-order valence-electron chi connectivity index (χ1n) is 5.79. The minimum atomic E-state index is -0.366. The highest BCUT2D eigenvalue weighted by Crippen LogP contribution is 2.19. The number of allylic oxidation sites excluding steroid dienone is 1. The predicted molar refractivity (Wildman–Crippen MR) is 66.6 cm³/mol. The minimum Gasteiger partial charge on any atom is -0.494 e. The van der Waals surface area contributed by atoms with Crippen molar-refractivity contribution in [1.82, 2.24) is 0 Å². The second-order valence-corrected chi connectivity index (χ2v) is 3.77. The predicted octanol–water partition coefficient (Wildman–Crippen LogP) is 3.48. The maximum absolute atomic E-state index is 9.61. The van der Waals surface area contributed by atoms with Crippen LogP contribution in [0.2, 0.25) is 0 Å². The Bertz CT molecular complexity index is 303. The average molecular weight is 220 g/mol. The number of aliphatic hydroxyl groups excluding tert-OH is 1. The van der Waals surface area contributed by atoms with Gasteiger partial charge in [-0.2, -0.15) is 0 Å². The van der Waals surface area contributed by atoms with E-state index in [-0.39, 0.29) is 6.10 Å². The highest BCUT2D eigenvalue weighted by molar-refractivity contribution is 5.28. The third-order valence-electron chi connectivity index (χ3n) is 2.47. The van der Waals surface area contributed by atoms with Crippen molar-refractivity contribution in [3.63, 3.8) is 0 Å². The highest BCUT2D eigenvalue weighted by atomic mass is 16.5. The normalized spacial score (nSPS) is 12.1. The molecule has 88 valence electrons. The zero-order valence-electron chi connectivity index (χ0n) is 9.86. The molecule has 0 saturated carbocycles. The molecule has 0 aliphatic heterocycles. The van der Waals surface area contributed by atoms with Crippen LogP contribution in [-0.4, -0.2) is 11.7 Å². The third-order valence-corrected chi connectivity index (χ3v) is 2.47. The molecule has 2 heteroatoms. The van der Waals surface area contributed by atoms with Gasteiger partial charge in [0.25, 0.3) is 0 Å². The molecule has 0 fully saturated rings. The average Bonchev–Trinajstić information content (AvgIpc) is 2.34. The quantitative estimate of drug-likeness (QED) is 0.563. The summed E-state index contributed by atoms with van der Waals surface area (Å²) in [5.41, 5.74) is 0.945. The van der Waals surface area contributed by atoms with Gasteiger partial charge in [-0.25, -0.2) is 0 Å². The maximum atomic E-state index is 9.61. The van der Waals surface area contributed by atoms with Crippen LogP contribution in [0.4, 0.5) is 0 Å². The summed E-state index contributed by atoms with van der Waals surface area (Å²) < 4.78 is 5.55. The van der Waals surface area contributed by atoms with Gasteiger partial charge in [-0.15, -0.1) is 6.58 Å². The fraction of sp³-hybridized carbons (Fsp3) is 0.429. The molecule has 1 aromatic carbocycles. The van der Waals surface area contributed by atoms with Crippen LogP contribution < -0.4 is 4.74 Å². The van der Waals surface area contributed by atoms with Crippen molar-refractivity contribution in [3.05, 3.63) is 42.5 Å². The molecule has 0 aliphatic rings. The summed E-state index contributed by atoms with van der Waals surface area (Å²) in [6.07, 6.45) is 4.23. The van der Waals surface area contributed by atoms with Gasteiger partial charge in [0.15, 0.2) is 0 Å². The van der Waals surface area contributed by atoms with E-state index < -0.39 is 0 Å². The van der Waals surface area contributed by atoms with Crippen LogP contribution in [0.5, 0.6) is 5.75 Å². The number of ether oxygens (including phenoxy) is 1. The Labute approximate surface area is 97.6 Å². The maximum Gasteiger partial charge on any atom is 0.119 e. The van der Waals surface area contributed by atoms with Gasteiger partial charge in [0, 0.05) is 0 Å². The van der Waals surface area contributed by atoms with Gasteiger partial charge in [-0.3, -0.25) is 0 Å². The number of unbranched alkanes of at least 4 members (excludes halogenated alkanes) is 1. The second kappa shape index (κ2) is 7.07. The van der Waals surface area contributed by atoms with Crippen LogP contribution in [0, 0.1) is 0 Å². The summed E-state index contributed by atoms with van der Waals surface area (Å²) in [5.74, 6) is 0.858. The summed E-state index contributed by atoms with van der Waals surface area (Å²) in [7, 11) is 0. The molecule has 16 heavy (non-hydrogen) atoms. The van der Waals surface area contributed by atoms with Gasteiger partial charge in [0.1, 0.15) is 5.75 Å². The Balaban J connectivity index is 2.42. The van der Waals surface area contributed by atoms with Crippen molar-refractivity contribution < 1.29 is 9.84 Å². The van der Waals surface area contributed by atoms with E-state index in [1.807, 2.05) is 37.3 Å². The Morgan fingerprint density at radius 2 is 2.06 bits per heavy atom. The second-order valence-electron chi connectivity index (χ2n) is 3.77. The van der Waals surface area contributed by atoms with Crippen molar-refractivity contribution >= 4 is 0 Å². The molecule has 0 aromatic heterocycles. The molecule has 0 saturated heterocycles. The number of hydrogen-bond acceptors (Lipinski definition) is 2. The molecule has 0 spiro atoms. The molecule has 1 rings (SSSR count).